The molecule has 2 aromatic heterocycles. The van der Waals surface area contributed by atoms with Crippen molar-refractivity contribution in [2.24, 2.45) is 0 Å². The van der Waals surface area contributed by atoms with Gasteiger partial charge in [-0.3, -0.25) is 4.98 Å². The molecule has 1 aliphatic rings. The maximum Gasteiger partial charge on any atom is 0.340 e. The van der Waals surface area contributed by atoms with Crippen LogP contribution in [0.25, 0.3) is 33.6 Å². The maximum atomic E-state index is 13.7. The van der Waals surface area contributed by atoms with Crippen molar-refractivity contribution in [3.8, 4) is 33.6 Å². The number of hydrogen-bond donors (Lipinski definition) is 2. The monoisotopic (exact) mass is 460 g/mol. The van der Waals surface area contributed by atoms with E-state index in [0.29, 0.717) is 11.3 Å². The lowest BCUT2D eigenvalue weighted by Crippen LogP contribution is -2.06. The summed E-state index contributed by atoms with van der Waals surface area (Å²) in [7, 11) is 1.26. The summed E-state index contributed by atoms with van der Waals surface area (Å²) >= 11 is 0. The largest absolute Gasteiger partial charge is 0.465 e. The van der Waals surface area contributed by atoms with Crippen LogP contribution in [0.2, 0.25) is 0 Å². The fourth-order valence-electron chi connectivity index (χ4n) is 4.60. The van der Waals surface area contributed by atoms with Crippen molar-refractivity contribution < 1.29 is 13.9 Å². The molecule has 0 amide bonds. The van der Waals surface area contributed by atoms with E-state index in [4.69, 9.17) is 4.74 Å². The number of ether oxygens (including phenoxy) is 1. The molecule has 0 spiro atoms. The number of pyridine rings is 1. The summed E-state index contributed by atoms with van der Waals surface area (Å²) in [5.74, 6) is 0.533. The highest BCUT2D eigenvalue weighted by Gasteiger charge is 2.27. The molecule has 2 aromatic carbocycles. The second-order valence-electron chi connectivity index (χ2n) is 8.23. The lowest BCUT2D eigenvalue weighted by atomic mass is 9.95. The molecule has 0 saturated heterocycles. The van der Waals surface area contributed by atoms with Gasteiger partial charge in [-0.1, -0.05) is 6.07 Å². The van der Waals surface area contributed by atoms with Gasteiger partial charge in [0.05, 0.1) is 24.1 Å². The van der Waals surface area contributed by atoms with Crippen LogP contribution in [-0.2, 0) is 11.2 Å². The number of thiol groups is 1. The fourth-order valence-corrected chi connectivity index (χ4v) is 6.47. The van der Waals surface area contributed by atoms with E-state index in [1.807, 2.05) is 12.1 Å². The quantitative estimate of drug-likeness (QED) is 0.279. The molecule has 0 fully saturated rings. The van der Waals surface area contributed by atoms with Crippen LogP contribution in [0, 0.1) is 5.82 Å². The lowest BCUT2D eigenvalue weighted by molar-refractivity contribution is 0.0602. The number of aromatic nitrogens is 2. The van der Waals surface area contributed by atoms with E-state index in [0.717, 1.165) is 34.4 Å². The lowest BCUT2D eigenvalue weighted by Gasteiger charge is -2.26. The number of carbonyl (C=O) groups is 1. The average Bonchev–Trinajstić information content (AvgIpc) is 3.25. The Morgan fingerprint density at radius 3 is 2.45 bits per heavy atom. The molecule has 1 atom stereocenters. The SMILES string of the molecule is COC(=O)c1c(-c2ccc3c(c2)CCC[SH]3C)[nH]c(-c2ccc(F)cc2)c1-c1ccncc1. The van der Waals surface area contributed by atoms with E-state index < -0.39 is 5.97 Å². The van der Waals surface area contributed by atoms with Crippen molar-refractivity contribution in [1.82, 2.24) is 9.97 Å². The average molecular weight is 461 g/mol. The Bertz CT molecular complexity index is 1320. The van der Waals surface area contributed by atoms with Crippen molar-refractivity contribution in [2.75, 3.05) is 19.1 Å². The third-order valence-electron chi connectivity index (χ3n) is 6.21. The molecule has 0 aliphatic carbocycles. The molecule has 1 aliphatic heterocycles. The number of aromatic amines is 1. The van der Waals surface area contributed by atoms with Crippen molar-refractivity contribution in [1.29, 1.82) is 0 Å². The van der Waals surface area contributed by atoms with Gasteiger partial charge in [0.25, 0.3) is 0 Å². The number of esters is 1. The van der Waals surface area contributed by atoms with E-state index in [-0.39, 0.29) is 16.7 Å². The zero-order chi connectivity index (χ0) is 22.9. The van der Waals surface area contributed by atoms with Gasteiger partial charge in [-0.15, -0.1) is 0 Å². The Morgan fingerprint density at radius 1 is 1.00 bits per heavy atom. The number of nitrogens with one attached hydrogen (secondary N) is 1. The number of fused-ring (bicyclic) bond motifs is 1. The Hall–Kier alpha value is -3.38. The second-order valence-corrected chi connectivity index (χ2v) is 10.6. The molecular formula is C27H25FN2O2S. The first-order valence-corrected chi connectivity index (χ1v) is 12.9. The summed E-state index contributed by atoms with van der Waals surface area (Å²) in [4.78, 5) is 22.2. The maximum absolute atomic E-state index is 13.7. The van der Waals surface area contributed by atoms with Crippen LogP contribution in [0.5, 0.6) is 0 Å². The minimum atomic E-state index is -0.420. The third kappa shape index (κ3) is 3.95. The highest BCUT2D eigenvalue weighted by molar-refractivity contribution is 8.16. The number of H-pyrrole nitrogens is 1. The van der Waals surface area contributed by atoms with Gasteiger partial charge in [0.2, 0.25) is 0 Å². The molecule has 168 valence electrons. The van der Waals surface area contributed by atoms with Gasteiger partial charge >= 0.3 is 5.97 Å². The van der Waals surface area contributed by atoms with Crippen LogP contribution in [0.15, 0.2) is 71.9 Å². The van der Waals surface area contributed by atoms with E-state index in [9.17, 15) is 9.18 Å². The molecule has 3 heterocycles. The third-order valence-corrected chi connectivity index (χ3v) is 8.46. The van der Waals surface area contributed by atoms with Crippen LogP contribution in [0.4, 0.5) is 4.39 Å². The molecule has 4 nitrogen and oxygen atoms in total. The molecule has 1 unspecified atom stereocenters. The molecule has 33 heavy (non-hydrogen) atoms. The van der Waals surface area contributed by atoms with Gasteiger partial charge in [-0.05, 0) is 101 Å². The molecule has 0 bridgehead atoms. The smallest absolute Gasteiger partial charge is 0.340 e. The van der Waals surface area contributed by atoms with Crippen molar-refractivity contribution in [3.05, 3.63) is 83.9 Å². The number of benzene rings is 2. The van der Waals surface area contributed by atoms with Crippen LogP contribution in [-0.4, -0.2) is 35.1 Å². The minimum absolute atomic E-state index is 0.133. The van der Waals surface area contributed by atoms with E-state index >= 15 is 0 Å². The number of halogens is 1. The van der Waals surface area contributed by atoms with E-state index in [1.165, 1.54) is 41.9 Å². The second kappa shape index (κ2) is 8.87. The number of hydrogen-bond acceptors (Lipinski definition) is 3. The van der Waals surface area contributed by atoms with E-state index in [2.05, 4.69) is 34.4 Å². The Morgan fingerprint density at radius 2 is 1.73 bits per heavy atom. The molecular weight excluding hydrogens is 435 g/mol. The molecule has 0 saturated carbocycles. The summed E-state index contributed by atoms with van der Waals surface area (Å²) in [6.45, 7) is 0. The van der Waals surface area contributed by atoms with Gasteiger partial charge in [-0.2, -0.15) is 0 Å². The van der Waals surface area contributed by atoms with Crippen molar-refractivity contribution >= 4 is 16.9 Å². The number of rotatable bonds is 4. The van der Waals surface area contributed by atoms with Crippen molar-refractivity contribution in [2.45, 2.75) is 17.7 Å². The Kier molecular flexibility index (Phi) is 5.77. The zero-order valence-corrected chi connectivity index (χ0v) is 19.5. The number of carbonyl (C=O) groups excluding carboxylic acids is 1. The van der Waals surface area contributed by atoms with Crippen LogP contribution < -0.4 is 0 Å². The van der Waals surface area contributed by atoms with Crippen LogP contribution in [0.1, 0.15) is 22.3 Å². The first kappa shape index (κ1) is 21.5. The van der Waals surface area contributed by atoms with Gasteiger partial charge < -0.3 is 9.72 Å². The predicted octanol–water partition coefficient (Wildman–Crippen LogP) is 6.27. The normalized spacial score (nSPS) is 16.3. The van der Waals surface area contributed by atoms with Crippen LogP contribution in [0.3, 0.4) is 0 Å². The summed E-state index contributed by atoms with van der Waals surface area (Å²) in [5, 5.41) is 0. The molecule has 6 heteroatoms. The van der Waals surface area contributed by atoms with Gasteiger partial charge in [0.1, 0.15) is 5.82 Å². The number of aryl methyl sites for hydroxylation is 1. The summed E-state index contributed by atoms with van der Waals surface area (Å²) in [6.07, 6.45) is 7.96. The topological polar surface area (TPSA) is 55.0 Å². The standard InChI is InChI=1S/C27H25FN2O2S/c1-32-27(31)24-23(17-11-13-29-14-12-17)25(18-5-8-21(28)9-6-18)30-26(24)20-7-10-22-19(16-20)4-3-15-33(22)2/h5-14,16,30,33H,3-4,15H2,1-2H3. The zero-order valence-electron chi connectivity index (χ0n) is 18.6. The van der Waals surface area contributed by atoms with Crippen LogP contribution >= 0.6 is 10.9 Å². The highest BCUT2D eigenvalue weighted by Crippen LogP contribution is 2.44. The number of methoxy groups -OCH3 is 1. The molecule has 5 rings (SSSR count). The molecule has 0 radical (unpaired) electrons. The fraction of sp³-hybridized carbons (Fsp3) is 0.185. The summed E-state index contributed by atoms with van der Waals surface area (Å²) in [5.41, 5.74) is 6.57. The Balaban J connectivity index is 1.78. The van der Waals surface area contributed by atoms with Crippen molar-refractivity contribution in [3.63, 3.8) is 0 Å². The van der Waals surface area contributed by atoms with E-state index in [1.54, 1.807) is 24.5 Å². The first-order chi connectivity index (χ1) is 16.1. The Labute approximate surface area is 195 Å². The van der Waals surface area contributed by atoms with Gasteiger partial charge in [-0.25, -0.2) is 20.1 Å². The highest BCUT2D eigenvalue weighted by atomic mass is 32.2. The molecule has 1 N–H and O–H groups in total. The summed E-state index contributed by atoms with van der Waals surface area (Å²) in [6, 6.07) is 16.5. The van der Waals surface area contributed by atoms with Gasteiger partial charge in [0, 0.05) is 18.0 Å². The van der Waals surface area contributed by atoms with Gasteiger partial charge in [0.15, 0.2) is 0 Å². The first-order valence-electron chi connectivity index (χ1n) is 10.9. The predicted molar refractivity (Wildman–Crippen MR) is 133 cm³/mol. The number of nitrogens with zero attached hydrogens (tertiary/aromatic N) is 1. The molecule has 4 aromatic rings. The minimum Gasteiger partial charge on any atom is -0.465 e. The summed E-state index contributed by atoms with van der Waals surface area (Å²) < 4.78 is 18.9.